The van der Waals surface area contributed by atoms with Gasteiger partial charge >= 0.3 is 0 Å². The summed E-state index contributed by atoms with van der Waals surface area (Å²) < 4.78 is 20.4. The summed E-state index contributed by atoms with van der Waals surface area (Å²) in [6.07, 6.45) is 2.20. The monoisotopic (exact) mass is 710 g/mol. The van der Waals surface area contributed by atoms with Crippen molar-refractivity contribution in [1.82, 2.24) is 25.6 Å². The lowest BCUT2D eigenvalue weighted by atomic mass is 9.72. The van der Waals surface area contributed by atoms with Crippen molar-refractivity contribution in [2.24, 2.45) is 11.8 Å². The van der Waals surface area contributed by atoms with Gasteiger partial charge in [-0.25, -0.2) is 9.97 Å². The Hall–Kier alpha value is -5.88. The third kappa shape index (κ3) is 4.51. The van der Waals surface area contributed by atoms with Crippen LogP contribution in [0.1, 0.15) is 68.5 Å². The van der Waals surface area contributed by atoms with Crippen LogP contribution in [0.4, 0.5) is 5.69 Å². The van der Waals surface area contributed by atoms with E-state index in [4.69, 9.17) is 23.5 Å². The van der Waals surface area contributed by atoms with Gasteiger partial charge in [0.05, 0.1) is 6.20 Å². The van der Waals surface area contributed by atoms with Gasteiger partial charge in [-0.05, 0) is 41.5 Å². The van der Waals surface area contributed by atoms with Crippen molar-refractivity contribution < 1.29 is 28.3 Å². The molecule has 53 heavy (non-hydrogen) atoms. The van der Waals surface area contributed by atoms with Gasteiger partial charge in [0, 0.05) is 51.5 Å². The van der Waals surface area contributed by atoms with Crippen molar-refractivity contribution in [3.8, 4) is 39.8 Å². The average Bonchev–Trinajstić information content (AvgIpc) is 3.95. The van der Waals surface area contributed by atoms with E-state index in [2.05, 4.69) is 45.2 Å². The number of benzene rings is 3. The van der Waals surface area contributed by atoms with E-state index in [0.717, 1.165) is 50.0 Å². The molecule has 0 fully saturated rings. The highest BCUT2D eigenvalue weighted by Crippen LogP contribution is 2.61. The van der Waals surface area contributed by atoms with Gasteiger partial charge in [0.2, 0.25) is 23.6 Å². The van der Waals surface area contributed by atoms with Crippen LogP contribution in [0.2, 0.25) is 0 Å². The van der Waals surface area contributed by atoms with Crippen LogP contribution >= 0.6 is 0 Å². The van der Waals surface area contributed by atoms with E-state index in [0.29, 0.717) is 23.0 Å². The zero-order valence-electron chi connectivity index (χ0n) is 29.6. The molecule has 10 bridgehead atoms. The van der Waals surface area contributed by atoms with E-state index in [1.807, 2.05) is 64.2 Å². The fourth-order valence-corrected chi connectivity index (χ4v) is 8.68. The minimum atomic E-state index is -1.25. The van der Waals surface area contributed by atoms with Gasteiger partial charge < -0.3 is 39.6 Å². The summed E-state index contributed by atoms with van der Waals surface area (Å²) in [7, 11) is 0. The molecule has 4 aliphatic heterocycles. The number of para-hydroxylation sites is 1. The summed E-state index contributed by atoms with van der Waals surface area (Å²) in [6, 6.07) is 16.6. The van der Waals surface area contributed by atoms with Crippen molar-refractivity contribution in [2.75, 3.05) is 5.32 Å². The molecule has 6 aromatic rings. The SMILES string of the molecule is CC(C)C[C@H](O)C(=O)N[C@H]1Cc2ccc3c(c2)C24c5cccc(c5NC2O3)-c2cccc3[nH]cc(c23)-c2cnc(o2)-c2nc(oc24)[C@H](C(C)C)NC1=O. The molecule has 1 spiro atoms. The fraction of sp³-hybridized carbons (Fsp3) is 0.317. The number of aliphatic hydroxyl groups is 1. The molecule has 10 rings (SSSR count). The lowest BCUT2D eigenvalue weighted by Crippen LogP contribution is -2.52. The highest BCUT2D eigenvalue weighted by Gasteiger charge is 2.61. The first-order valence-electron chi connectivity index (χ1n) is 18.2. The Labute approximate surface area is 304 Å². The maximum Gasteiger partial charge on any atom is 0.249 e. The maximum atomic E-state index is 14.2. The molecular formula is C41H38N6O6. The molecule has 0 saturated heterocycles. The number of aromatic amines is 1. The third-order valence-corrected chi connectivity index (χ3v) is 11.1. The number of nitrogens with zero attached hydrogens (tertiary/aromatic N) is 2. The summed E-state index contributed by atoms with van der Waals surface area (Å²) in [4.78, 5) is 40.8. The lowest BCUT2D eigenvalue weighted by molar-refractivity contribution is -0.135. The van der Waals surface area contributed by atoms with Crippen molar-refractivity contribution in [3.05, 3.63) is 95.3 Å². The molecule has 3 aromatic carbocycles. The van der Waals surface area contributed by atoms with Gasteiger partial charge in [-0.2, -0.15) is 0 Å². The highest BCUT2D eigenvalue weighted by molar-refractivity contribution is 6.07. The number of hydrogen-bond acceptors (Lipinski definition) is 9. The predicted octanol–water partition coefficient (Wildman–Crippen LogP) is 6.20. The molecule has 0 aliphatic carbocycles. The van der Waals surface area contributed by atoms with E-state index >= 15 is 0 Å². The van der Waals surface area contributed by atoms with Crippen molar-refractivity contribution in [3.63, 3.8) is 0 Å². The fourth-order valence-electron chi connectivity index (χ4n) is 8.68. The molecule has 4 aliphatic rings. The van der Waals surface area contributed by atoms with Crippen molar-refractivity contribution in [2.45, 2.75) is 70.4 Å². The molecular weight excluding hydrogens is 672 g/mol. The van der Waals surface area contributed by atoms with Gasteiger partial charge in [-0.1, -0.05) is 70.2 Å². The molecule has 2 amide bonds. The molecule has 2 unspecified atom stereocenters. The van der Waals surface area contributed by atoms with Crippen LogP contribution in [-0.2, 0) is 21.4 Å². The van der Waals surface area contributed by atoms with E-state index in [1.54, 1.807) is 6.20 Å². The first-order chi connectivity index (χ1) is 25.6. The maximum absolute atomic E-state index is 14.2. The Morgan fingerprint density at radius 2 is 1.85 bits per heavy atom. The molecule has 268 valence electrons. The van der Waals surface area contributed by atoms with E-state index in [9.17, 15) is 14.7 Å². The second kappa shape index (κ2) is 11.3. The average molecular weight is 711 g/mol. The van der Waals surface area contributed by atoms with E-state index in [-0.39, 0.29) is 36.5 Å². The lowest BCUT2D eigenvalue weighted by Gasteiger charge is -2.29. The first-order valence-corrected chi connectivity index (χ1v) is 18.2. The highest BCUT2D eigenvalue weighted by atomic mass is 16.5. The molecule has 7 heterocycles. The summed E-state index contributed by atoms with van der Waals surface area (Å²) in [5, 5.41) is 21.5. The standard InChI is InChI=1S/C41H38N6O6/c1-18(2)13-28(48)37(50)44-27-15-20-11-12-29-25(14-20)41-24-9-5-8-22(33(24)47-40(41)52-29)21-7-6-10-26-31(21)23(16-42-26)30-17-43-38(51-30)34-35(41)53-39(46-34)32(19(3)4)45-36(27)49/h5-12,14,16-19,27-28,32,40,42,47-48H,13,15H2,1-4H3,(H,44,50)(H,45,49)/t27-,28-,32-,40?,41?/m0/s1. The number of amides is 2. The topological polar surface area (TPSA) is 168 Å². The van der Waals surface area contributed by atoms with Crippen LogP contribution in [0.25, 0.3) is 44.9 Å². The number of hydrogen-bond donors (Lipinski definition) is 5. The third-order valence-electron chi connectivity index (χ3n) is 11.1. The smallest absolute Gasteiger partial charge is 0.249 e. The van der Waals surface area contributed by atoms with Gasteiger partial charge in [0.15, 0.2) is 23.4 Å². The van der Waals surface area contributed by atoms with Crippen LogP contribution in [0.3, 0.4) is 0 Å². The Kier molecular flexibility index (Phi) is 6.79. The van der Waals surface area contributed by atoms with Crippen LogP contribution in [0, 0.1) is 11.8 Å². The zero-order chi connectivity index (χ0) is 36.3. The molecule has 0 saturated carbocycles. The molecule has 3 aromatic heterocycles. The van der Waals surface area contributed by atoms with Crippen LogP contribution in [-0.4, -0.2) is 50.2 Å². The van der Waals surface area contributed by atoms with Crippen LogP contribution in [0.15, 0.2) is 75.8 Å². The largest absolute Gasteiger partial charge is 0.469 e. The van der Waals surface area contributed by atoms with Gasteiger partial charge in [-0.3, -0.25) is 9.59 Å². The molecule has 0 radical (unpaired) electrons. The van der Waals surface area contributed by atoms with Crippen molar-refractivity contribution >= 4 is 28.4 Å². The summed E-state index contributed by atoms with van der Waals surface area (Å²) in [5.41, 5.74) is 6.63. The normalized spacial score (nSPS) is 22.4. The summed E-state index contributed by atoms with van der Waals surface area (Å²) >= 11 is 0. The van der Waals surface area contributed by atoms with Crippen molar-refractivity contribution in [1.29, 1.82) is 0 Å². The molecule has 12 heteroatoms. The number of anilines is 1. The number of ether oxygens (including phenoxy) is 1. The number of H-pyrrole nitrogens is 1. The number of carbonyl (C=O) groups excluding carboxylic acids is 2. The predicted molar refractivity (Wildman–Crippen MR) is 196 cm³/mol. The number of rotatable bonds is 5. The number of aromatic nitrogens is 3. The second-order valence-electron chi connectivity index (χ2n) is 15.3. The number of nitrogens with one attached hydrogen (secondary N) is 4. The minimum absolute atomic E-state index is 0.0888. The summed E-state index contributed by atoms with van der Waals surface area (Å²) in [5.74, 6) is 1.15. The quantitative estimate of drug-likeness (QED) is 0.140. The van der Waals surface area contributed by atoms with E-state index < -0.39 is 41.6 Å². The number of fused-ring (bicyclic) bond motifs is 7. The van der Waals surface area contributed by atoms with Crippen LogP contribution < -0.4 is 20.7 Å². The summed E-state index contributed by atoms with van der Waals surface area (Å²) in [6.45, 7) is 7.81. The molecule has 12 nitrogen and oxygen atoms in total. The van der Waals surface area contributed by atoms with Gasteiger partial charge in [0.25, 0.3) is 0 Å². The Morgan fingerprint density at radius 3 is 2.68 bits per heavy atom. The number of aliphatic hydroxyl groups excluding tert-OH is 1. The van der Waals surface area contributed by atoms with Gasteiger partial charge in [-0.15, -0.1) is 0 Å². The van der Waals surface area contributed by atoms with E-state index in [1.165, 1.54) is 0 Å². The number of carbonyl (C=O) groups is 2. The second-order valence-corrected chi connectivity index (χ2v) is 15.3. The number of oxazole rings is 2. The van der Waals surface area contributed by atoms with Crippen LogP contribution in [0.5, 0.6) is 5.75 Å². The Balaban J connectivity index is 1.25. The zero-order valence-corrected chi connectivity index (χ0v) is 29.6. The van der Waals surface area contributed by atoms with Gasteiger partial charge in [0.1, 0.15) is 29.4 Å². The Bertz CT molecular complexity index is 2490. The first kappa shape index (κ1) is 31.8. The molecule has 5 N–H and O–H groups in total. The minimum Gasteiger partial charge on any atom is -0.469 e. The Morgan fingerprint density at radius 1 is 1.02 bits per heavy atom. The molecule has 5 atom stereocenters.